The quantitative estimate of drug-likeness (QED) is 0.224. The van der Waals surface area contributed by atoms with E-state index in [0.717, 1.165) is 16.7 Å². The first-order valence-electron chi connectivity index (χ1n) is 13.7. The molecule has 41 heavy (non-hydrogen) atoms. The predicted molar refractivity (Wildman–Crippen MR) is 171 cm³/mol. The van der Waals surface area contributed by atoms with E-state index in [1.165, 1.54) is 53.2 Å². The summed E-state index contributed by atoms with van der Waals surface area (Å²) in [4.78, 5) is 15.0. The third-order valence-electron chi connectivity index (χ3n) is 8.07. The van der Waals surface area contributed by atoms with Crippen LogP contribution in [0.25, 0.3) is 87.4 Å². The van der Waals surface area contributed by atoms with Gasteiger partial charge in [0.1, 0.15) is 0 Å². The Morgan fingerprint density at radius 3 is 1.66 bits per heavy atom. The lowest BCUT2D eigenvalue weighted by molar-refractivity contribution is 1.08. The van der Waals surface area contributed by atoms with Gasteiger partial charge in [0.15, 0.2) is 17.5 Å². The largest absolute Gasteiger partial charge is 0.208 e. The predicted octanol–water partition coefficient (Wildman–Crippen LogP) is 10.0. The van der Waals surface area contributed by atoms with Crippen LogP contribution < -0.4 is 0 Å². The van der Waals surface area contributed by atoms with Crippen LogP contribution in [0.15, 0.2) is 127 Å². The van der Waals surface area contributed by atoms with Crippen LogP contribution in [-0.4, -0.2) is 15.0 Å². The molecule has 4 heteroatoms. The first-order valence-corrected chi connectivity index (χ1v) is 14.5. The first-order chi connectivity index (χ1) is 20.3. The molecular formula is C37H21N3S. The molecule has 6 aromatic carbocycles. The fraction of sp³-hybridized carbons (Fsp3) is 0. The molecule has 9 rings (SSSR count). The lowest BCUT2D eigenvalue weighted by atomic mass is 9.98. The number of benzene rings is 6. The summed E-state index contributed by atoms with van der Waals surface area (Å²) in [6.07, 6.45) is 0. The number of hydrogen-bond acceptors (Lipinski definition) is 4. The van der Waals surface area contributed by atoms with Crippen molar-refractivity contribution in [2.75, 3.05) is 0 Å². The smallest absolute Gasteiger partial charge is 0.164 e. The highest BCUT2D eigenvalue weighted by molar-refractivity contribution is 7.26. The molecule has 0 bridgehead atoms. The zero-order chi connectivity index (χ0) is 26.9. The Bertz CT molecular complexity index is 2250. The Balaban J connectivity index is 1.36. The van der Waals surface area contributed by atoms with Crippen molar-refractivity contribution in [1.82, 2.24) is 15.0 Å². The monoisotopic (exact) mass is 539 g/mol. The van der Waals surface area contributed by atoms with Crippen LogP contribution >= 0.6 is 11.3 Å². The molecule has 0 fully saturated rings. The maximum atomic E-state index is 5.07. The maximum absolute atomic E-state index is 5.07. The summed E-state index contributed by atoms with van der Waals surface area (Å²) in [6.45, 7) is 0. The van der Waals surface area contributed by atoms with Gasteiger partial charge in [-0.15, -0.1) is 11.3 Å². The number of aromatic nitrogens is 3. The van der Waals surface area contributed by atoms with Crippen LogP contribution in [0, 0.1) is 0 Å². The number of thiophene rings is 1. The van der Waals surface area contributed by atoms with Crippen molar-refractivity contribution in [1.29, 1.82) is 0 Å². The van der Waals surface area contributed by atoms with E-state index in [2.05, 4.69) is 91.0 Å². The molecule has 190 valence electrons. The molecule has 1 aliphatic rings. The Kier molecular flexibility index (Phi) is 4.77. The first kappa shape index (κ1) is 22.6. The minimum Gasteiger partial charge on any atom is -0.208 e. The van der Waals surface area contributed by atoms with Crippen LogP contribution in [0.4, 0.5) is 0 Å². The summed E-state index contributed by atoms with van der Waals surface area (Å²) >= 11 is 1.85. The fourth-order valence-corrected chi connectivity index (χ4v) is 7.50. The molecule has 0 unspecified atom stereocenters. The second kappa shape index (κ2) is 8.65. The van der Waals surface area contributed by atoms with Crippen LogP contribution in [-0.2, 0) is 0 Å². The number of fused-ring (bicyclic) bond motifs is 7. The van der Waals surface area contributed by atoms with Crippen molar-refractivity contribution >= 4 is 42.3 Å². The molecule has 0 aliphatic heterocycles. The van der Waals surface area contributed by atoms with Gasteiger partial charge in [-0.25, -0.2) is 15.0 Å². The van der Waals surface area contributed by atoms with Crippen molar-refractivity contribution in [3.63, 3.8) is 0 Å². The molecule has 0 amide bonds. The van der Waals surface area contributed by atoms with Crippen molar-refractivity contribution in [3.05, 3.63) is 127 Å². The second-order valence-corrected chi connectivity index (χ2v) is 11.4. The molecule has 1 aliphatic carbocycles. The van der Waals surface area contributed by atoms with Gasteiger partial charge in [0, 0.05) is 42.2 Å². The maximum Gasteiger partial charge on any atom is 0.164 e. The summed E-state index contributed by atoms with van der Waals surface area (Å²) in [5, 5.41) is 5.11. The van der Waals surface area contributed by atoms with Gasteiger partial charge < -0.3 is 0 Å². The summed E-state index contributed by atoms with van der Waals surface area (Å²) in [7, 11) is 0. The average molecular weight is 540 g/mol. The van der Waals surface area contributed by atoms with Gasteiger partial charge in [-0.1, -0.05) is 115 Å². The minimum atomic E-state index is 0.675. The van der Waals surface area contributed by atoms with Crippen molar-refractivity contribution < 1.29 is 0 Å². The lowest BCUT2D eigenvalue weighted by Crippen LogP contribution is -2.00. The van der Waals surface area contributed by atoms with Gasteiger partial charge in [0.05, 0.1) is 0 Å². The van der Waals surface area contributed by atoms with Gasteiger partial charge in [-0.05, 0) is 39.8 Å². The van der Waals surface area contributed by atoms with Gasteiger partial charge >= 0.3 is 0 Å². The van der Waals surface area contributed by atoms with Crippen molar-refractivity contribution in [2.45, 2.75) is 0 Å². The second-order valence-electron chi connectivity index (χ2n) is 10.4. The summed E-state index contributed by atoms with van der Waals surface area (Å²) < 4.78 is 2.54. The molecule has 0 saturated heterocycles. The number of rotatable bonds is 3. The highest BCUT2D eigenvalue weighted by Gasteiger charge is 2.25. The van der Waals surface area contributed by atoms with Crippen LogP contribution in [0.5, 0.6) is 0 Å². The molecule has 3 nitrogen and oxygen atoms in total. The third kappa shape index (κ3) is 3.35. The SMILES string of the molecule is c1ccc(-c2nc(-c3ccccc3)nc(-c3cccc4sc5c6cccc7c6c(cc5c34)-c3ccccc3-7)n2)cc1. The zero-order valence-electron chi connectivity index (χ0n) is 21.9. The molecule has 8 aromatic rings. The van der Waals surface area contributed by atoms with E-state index in [0.29, 0.717) is 17.5 Å². The van der Waals surface area contributed by atoms with Crippen LogP contribution in [0.2, 0.25) is 0 Å². The molecule has 0 radical (unpaired) electrons. The number of nitrogens with zero attached hydrogens (tertiary/aromatic N) is 3. The summed E-state index contributed by atoms with van der Waals surface area (Å²) in [5.41, 5.74) is 8.21. The molecule has 0 atom stereocenters. The van der Waals surface area contributed by atoms with Gasteiger partial charge in [0.25, 0.3) is 0 Å². The molecular weight excluding hydrogens is 518 g/mol. The standard InChI is InChI=1S/C37H21N3S/c1-3-11-22(12-4-1)35-38-36(23-13-5-2-6-14-23)40-37(39-35)28-19-10-20-31-33(28)30-21-29-25-16-8-7-15-24(25)26-17-9-18-27(32(26)29)34(30)41-31/h1-21H. The van der Waals surface area contributed by atoms with E-state index in [-0.39, 0.29) is 0 Å². The Hall–Kier alpha value is -5.19. The van der Waals surface area contributed by atoms with Gasteiger partial charge in [0.2, 0.25) is 0 Å². The molecule has 0 N–H and O–H groups in total. The normalized spacial score (nSPS) is 11.9. The van der Waals surface area contributed by atoms with Crippen molar-refractivity contribution in [3.8, 4) is 56.4 Å². The highest BCUT2D eigenvalue weighted by atomic mass is 32.1. The highest BCUT2D eigenvalue weighted by Crippen LogP contribution is 2.52. The minimum absolute atomic E-state index is 0.675. The molecule has 2 heterocycles. The fourth-order valence-electron chi connectivity index (χ4n) is 6.26. The van der Waals surface area contributed by atoms with Crippen LogP contribution in [0.3, 0.4) is 0 Å². The van der Waals surface area contributed by atoms with E-state index in [9.17, 15) is 0 Å². The van der Waals surface area contributed by atoms with E-state index >= 15 is 0 Å². The van der Waals surface area contributed by atoms with E-state index in [1.807, 2.05) is 47.7 Å². The Labute approximate surface area is 240 Å². The molecule has 2 aromatic heterocycles. The average Bonchev–Trinajstić information content (AvgIpc) is 3.59. The van der Waals surface area contributed by atoms with Gasteiger partial charge in [-0.2, -0.15) is 0 Å². The van der Waals surface area contributed by atoms with Crippen molar-refractivity contribution in [2.24, 2.45) is 0 Å². The summed E-state index contributed by atoms with van der Waals surface area (Å²) in [6, 6.07) is 44.7. The van der Waals surface area contributed by atoms with E-state index in [1.54, 1.807) is 0 Å². The van der Waals surface area contributed by atoms with E-state index < -0.39 is 0 Å². The van der Waals surface area contributed by atoms with Crippen LogP contribution in [0.1, 0.15) is 0 Å². The zero-order valence-corrected chi connectivity index (χ0v) is 22.7. The third-order valence-corrected chi connectivity index (χ3v) is 9.27. The molecule has 0 spiro atoms. The Morgan fingerprint density at radius 1 is 0.390 bits per heavy atom. The number of hydrogen-bond donors (Lipinski definition) is 0. The Morgan fingerprint density at radius 2 is 0.951 bits per heavy atom. The topological polar surface area (TPSA) is 38.7 Å². The summed E-state index contributed by atoms with van der Waals surface area (Å²) in [5.74, 6) is 2.04. The van der Waals surface area contributed by atoms with E-state index in [4.69, 9.17) is 15.0 Å². The molecule has 0 saturated carbocycles. The lowest BCUT2D eigenvalue weighted by Gasteiger charge is -2.10. The van der Waals surface area contributed by atoms with Gasteiger partial charge in [-0.3, -0.25) is 0 Å².